The number of fused-ring (bicyclic) bond motifs is 18. The van der Waals surface area contributed by atoms with Gasteiger partial charge < -0.3 is 14.4 Å². The van der Waals surface area contributed by atoms with Crippen LogP contribution in [0.5, 0.6) is 23.0 Å². The van der Waals surface area contributed by atoms with Crippen molar-refractivity contribution in [3.8, 4) is 89.8 Å². The van der Waals surface area contributed by atoms with E-state index < -0.39 is 8.07 Å². The van der Waals surface area contributed by atoms with E-state index in [4.69, 9.17) is 9.47 Å². The minimum atomic E-state index is -2.23. The third-order valence-corrected chi connectivity index (χ3v) is 27.7. The molecule has 0 spiro atoms. The Morgan fingerprint density at radius 1 is 0.283 bits per heavy atom. The van der Waals surface area contributed by atoms with Crippen molar-refractivity contribution in [1.29, 1.82) is 0 Å². The zero-order valence-corrected chi connectivity index (χ0v) is 56.2. The second kappa shape index (κ2) is 19.5. The number of rotatable bonds is 6. The lowest BCUT2D eigenvalue weighted by molar-refractivity contribution is 0.457. The zero-order chi connectivity index (χ0) is 62.5. The van der Waals surface area contributed by atoms with E-state index in [2.05, 4.69) is 310 Å². The average Bonchev–Trinajstić information content (AvgIpc) is 1.41. The summed E-state index contributed by atoms with van der Waals surface area (Å²) in [6, 6.07) is 89.0. The molecular weight excluding hydrogens is 1170 g/mol. The highest BCUT2D eigenvalue weighted by Gasteiger charge is 2.46. The van der Waals surface area contributed by atoms with Gasteiger partial charge in [0.15, 0.2) is 0 Å². The Morgan fingerprint density at radius 3 is 1.25 bits per heavy atom. The molecule has 12 aromatic carbocycles. The molecule has 0 saturated carbocycles. The van der Waals surface area contributed by atoms with Crippen LogP contribution in [-0.4, -0.2) is 8.07 Å². The summed E-state index contributed by atoms with van der Waals surface area (Å²) in [6.07, 6.45) is 0. The molecule has 3 heterocycles. The molecule has 6 aliphatic rings. The zero-order valence-electron chi connectivity index (χ0n) is 53.6. The van der Waals surface area contributed by atoms with Gasteiger partial charge in [-0.1, -0.05) is 280 Å². The lowest BCUT2D eigenvalue weighted by atomic mass is 9.75. The maximum Gasteiger partial charge on any atom is 0.149 e. The van der Waals surface area contributed by atoms with Crippen molar-refractivity contribution in [2.75, 3.05) is 4.90 Å². The van der Waals surface area contributed by atoms with Crippen molar-refractivity contribution >= 4 is 59.0 Å². The van der Waals surface area contributed by atoms with Crippen molar-refractivity contribution in [2.45, 2.75) is 110 Å². The largest absolute Gasteiger partial charge is 0.456 e. The fraction of sp³-hybridized carbons (Fsp3) is 0.163. The molecule has 3 aliphatic heterocycles. The number of nitrogens with zero attached hydrogens (tertiary/aromatic N) is 1. The first-order valence-electron chi connectivity index (χ1n) is 32.5. The molecule has 3 aliphatic carbocycles. The highest BCUT2D eigenvalue weighted by atomic mass is 32.2. The van der Waals surface area contributed by atoms with Gasteiger partial charge in [0, 0.05) is 76.3 Å². The van der Waals surface area contributed by atoms with Gasteiger partial charge in [0.05, 0.1) is 9.79 Å². The summed E-state index contributed by atoms with van der Waals surface area (Å²) in [4.78, 5) is 7.40. The van der Waals surface area contributed by atoms with Crippen LogP contribution in [0.4, 0.5) is 17.1 Å². The van der Waals surface area contributed by atoms with Gasteiger partial charge in [-0.15, -0.1) is 0 Å². The standard InChI is InChI=1S/C86H69NO2S2Si/c1-83(2)62-26-14-11-20-59(62)74-65(83)46-48-71-79(74)88-77-56(23-18-30-70(77)90-71)50-32-38-53(39-33-50)87(54-40-34-51(35-41-54)57-24-19-31-72-78(57)89-80-73(92(72,9)10)49-47-66-75(80)60-21-12-15-27-63(60)84(66,3)4)55-42-36-52(37-43-55)58-25-17-29-68-81(58)91-82-69(86(68,7)8)45-44-67-76(82)61-22-13-16-28-64(61)85(67,5)6/h11-49H,1-10H3. The smallest absolute Gasteiger partial charge is 0.149 e. The van der Waals surface area contributed by atoms with Crippen LogP contribution in [0.25, 0.3) is 66.8 Å². The van der Waals surface area contributed by atoms with E-state index in [9.17, 15) is 0 Å². The highest BCUT2D eigenvalue weighted by Crippen LogP contribution is 2.63. The van der Waals surface area contributed by atoms with E-state index in [1.807, 2.05) is 11.8 Å². The lowest BCUT2D eigenvalue weighted by Crippen LogP contribution is -2.56. The number of anilines is 3. The second-order valence-corrected chi connectivity index (χ2v) is 35.1. The van der Waals surface area contributed by atoms with E-state index in [1.54, 1.807) is 11.8 Å². The van der Waals surface area contributed by atoms with Gasteiger partial charge in [-0.3, -0.25) is 0 Å². The third-order valence-electron chi connectivity index (χ3n) is 21.9. The summed E-state index contributed by atoms with van der Waals surface area (Å²) in [7, 11) is -2.23. The maximum atomic E-state index is 7.41. The molecule has 18 rings (SSSR count). The normalized spacial score (nSPS) is 16.5. The van der Waals surface area contributed by atoms with Gasteiger partial charge in [-0.25, -0.2) is 0 Å². The third kappa shape index (κ3) is 7.72. The number of ether oxygens (including phenoxy) is 2. The number of benzene rings is 12. The van der Waals surface area contributed by atoms with Gasteiger partial charge in [0.25, 0.3) is 0 Å². The molecule has 0 fully saturated rings. The van der Waals surface area contributed by atoms with E-state index in [-0.39, 0.29) is 21.7 Å². The average molecular weight is 1240 g/mol. The van der Waals surface area contributed by atoms with Gasteiger partial charge in [-0.05, 0) is 142 Å². The summed E-state index contributed by atoms with van der Waals surface area (Å²) in [5.41, 5.74) is 28.3. The molecule has 0 bridgehead atoms. The summed E-state index contributed by atoms with van der Waals surface area (Å²) in [6.45, 7) is 24.0. The molecule has 0 aromatic heterocycles. The summed E-state index contributed by atoms with van der Waals surface area (Å²) >= 11 is 3.77. The maximum absolute atomic E-state index is 7.41. The monoisotopic (exact) mass is 1240 g/mol. The molecule has 0 radical (unpaired) electrons. The Kier molecular flexibility index (Phi) is 11.8. The van der Waals surface area contributed by atoms with Crippen LogP contribution in [0.1, 0.15) is 99.9 Å². The van der Waals surface area contributed by atoms with Crippen molar-refractivity contribution in [3.63, 3.8) is 0 Å². The Hall–Kier alpha value is -9.04. The second-order valence-electron chi connectivity index (χ2n) is 28.7. The quantitative estimate of drug-likeness (QED) is 0.154. The first-order chi connectivity index (χ1) is 44.4. The SMILES string of the molecule is CC1(C)c2cccc(-c3ccc(N(c4ccc(-c5cccc6c5Oc5c(ccc7c5-c5ccccc5C7(C)C)S6)cc4)c4ccc(-c5cccc6c5Oc5c(ccc7c5-c5ccccc5C7(C)C)[Si]6(C)C)cc4)cc3)c2Sc2c1ccc1c2-c2ccccc2C1(C)C. The molecule has 12 aromatic rings. The number of hydrogen-bond donors (Lipinski definition) is 0. The molecule has 92 heavy (non-hydrogen) atoms. The van der Waals surface area contributed by atoms with Crippen LogP contribution in [0.3, 0.4) is 0 Å². The molecule has 0 amide bonds. The number of para-hydroxylation sites is 2. The van der Waals surface area contributed by atoms with E-state index >= 15 is 0 Å². The fourth-order valence-electron chi connectivity index (χ4n) is 16.8. The molecular formula is C86H69NO2S2Si. The summed E-state index contributed by atoms with van der Waals surface area (Å²) in [5.74, 6) is 3.89. The minimum Gasteiger partial charge on any atom is -0.456 e. The van der Waals surface area contributed by atoms with Crippen LogP contribution in [0, 0.1) is 0 Å². The predicted molar refractivity (Wildman–Crippen MR) is 387 cm³/mol. The molecule has 0 saturated heterocycles. The Bertz CT molecular complexity index is 4970. The van der Waals surface area contributed by atoms with Crippen molar-refractivity contribution in [1.82, 2.24) is 0 Å². The first kappa shape index (κ1) is 55.8. The molecule has 3 nitrogen and oxygen atoms in total. The summed E-state index contributed by atoms with van der Waals surface area (Å²) in [5, 5.41) is 2.69. The molecule has 446 valence electrons. The fourth-order valence-corrected chi connectivity index (χ4v) is 22.3. The molecule has 6 heteroatoms. The number of hydrogen-bond acceptors (Lipinski definition) is 5. The minimum absolute atomic E-state index is 0.0754. The van der Waals surface area contributed by atoms with Gasteiger partial charge in [-0.2, -0.15) is 0 Å². The predicted octanol–water partition coefficient (Wildman–Crippen LogP) is 23.1. The van der Waals surface area contributed by atoms with E-state index in [0.29, 0.717) is 0 Å². The van der Waals surface area contributed by atoms with Crippen molar-refractivity contribution < 1.29 is 9.47 Å². The van der Waals surface area contributed by atoms with E-state index in [0.717, 1.165) is 72.1 Å². The van der Waals surface area contributed by atoms with Gasteiger partial charge in [0.1, 0.15) is 31.1 Å². The van der Waals surface area contributed by atoms with Crippen molar-refractivity contribution in [2.24, 2.45) is 0 Å². The van der Waals surface area contributed by atoms with Crippen LogP contribution >= 0.6 is 23.5 Å². The Balaban J connectivity index is 0.732. The van der Waals surface area contributed by atoms with Crippen LogP contribution in [0.2, 0.25) is 13.1 Å². The van der Waals surface area contributed by atoms with Gasteiger partial charge >= 0.3 is 0 Å². The van der Waals surface area contributed by atoms with Gasteiger partial charge in [0.2, 0.25) is 0 Å². The molecule has 0 atom stereocenters. The topological polar surface area (TPSA) is 21.7 Å². The Labute approximate surface area is 550 Å². The molecule has 0 N–H and O–H groups in total. The van der Waals surface area contributed by atoms with Crippen LogP contribution in [-0.2, 0) is 21.7 Å². The lowest BCUT2D eigenvalue weighted by Gasteiger charge is -2.37. The van der Waals surface area contributed by atoms with Crippen LogP contribution in [0.15, 0.2) is 256 Å². The Morgan fingerprint density at radius 2 is 0.663 bits per heavy atom. The first-order valence-corrected chi connectivity index (χ1v) is 37.1. The van der Waals surface area contributed by atoms with Crippen molar-refractivity contribution in [3.05, 3.63) is 281 Å². The summed E-state index contributed by atoms with van der Waals surface area (Å²) < 4.78 is 14.7. The molecule has 0 unspecified atom stereocenters. The van der Waals surface area contributed by atoms with E-state index in [1.165, 1.54) is 109 Å². The highest BCUT2D eigenvalue weighted by molar-refractivity contribution is 8.00. The van der Waals surface area contributed by atoms with Crippen LogP contribution < -0.4 is 24.7 Å².